The lowest BCUT2D eigenvalue weighted by atomic mass is 9.89. The molecule has 2 aromatic carbocycles. The molecule has 0 N–H and O–H groups in total. The van der Waals surface area contributed by atoms with Crippen LogP contribution in [0, 0.1) is 27.7 Å². The first kappa shape index (κ1) is 14.0. The molecule has 0 aromatic heterocycles. The molecule has 1 unspecified atom stereocenters. The second kappa shape index (κ2) is 5.27. The van der Waals surface area contributed by atoms with Crippen molar-refractivity contribution in [3.05, 3.63) is 63.7 Å². The predicted molar refractivity (Wildman–Crippen MR) is 84.6 cm³/mol. The summed E-state index contributed by atoms with van der Waals surface area (Å²) in [6, 6.07) is 9.79. The Hall–Kier alpha value is -1.46. The molecule has 2 heteroatoms. The summed E-state index contributed by atoms with van der Waals surface area (Å²) >= 11 is 0. The van der Waals surface area contributed by atoms with Crippen molar-refractivity contribution in [2.75, 3.05) is 0 Å². The number of hydrogen-bond donors (Lipinski definition) is 0. The largest absolute Gasteiger partial charge is 0.289 e. The molecule has 0 aliphatic heterocycles. The molecule has 0 radical (unpaired) electrons. The van der Waals surface area contributed by atoms with Crippen LogP contribution >= 0.6 is 9.24 Å². The normalized spacial score (nSPS) is 10.6. The molecule has 1 nitrogen and oxygen atoms in total. The smallest absolute Gasteiger partial charge is 0.194 e. The number of aryl methyl sites for hydroxylation is 2. The van der Waals surface area contributed by atoms with Crippen LogP contribution in [0.3, 0.4) is 0 Å². The lowest BCUT2D eigenvalue weighted by Gasteiger charge is -2.15. The summed E-state index contributed by atoms with van der Waals surface area (Å²) in [5.74, 6) is 0.115. The van der Waals surface area contributed by atoms with Gasteiger partial charge in [-0.05, 0) is 55.3 Å². The van der Waals surface area contributed by atoms with Crippen LogP contribution in [0.2, 0.25) is 0 Å². The Kier molecular flexibility index (Phi) is 3.87. The molecule has 19 heavy (non-hydrogen) atoms. The first-order valence-corrected chi connectivity index (χ1v) is 6.97. The summed E-state index contributed by atoms with van der Waals surface area (Å²) < 4.78 is 0. The Morgan fingerprint density at radius 1 is 0.947 bits per heavy atom. The Labute approximate surface area is 117 Å². The minimum atomic E-state index is 0.115. The second-order valence-electron chi connectivity index (χ2n) is 5.05. The van der Waals surface area contributed by atoms with Crippen LogP contribution in [0.5, 0.6) is 0 Å². The zero-order chi connectivity index (χ0) is 14.2. The van der Waals surface area contributed by atoms with Gasteiger partial charge in [-0.3, -0.25) is 4.79 Å². The van der Waals surface area contributed by atoms with Gasteiger partial charge in [-0.25, -0.2) is 0 Å². The molecule has 0 aliphatic carbocycles. The van der Waals surface area contributed by atoms with Gasteiger partial charge in [0.2, 0.25) is 0 Å². The van der Waals surface area contributed by atoms with Gasteiger partial charge < -0.3 is 0 Å². The Bertz CT molecular complexity index is 657. The van der Waals surface area contributed by atoms with Crippen LogP contribution in [-0.4, -0.2) is 5.78 Å². The highest BCUT2D eigenvalue weighted by atomic mass is 31.0. The van der Waals surface area contributed by atoms with Crippen LogP contribution in [0.25, 0.3) is 0 Å². The van der Waals surface area contributed by atoms with Crippen LogP contribution < -0.4 is 5.30 Å². The van der Waals surface area contributed by atoms with E-state index >= 15 is 0 Å². The lowest BCUT2D eigenvalue weighted by molar-refractivity contribution is 0.103. The maximum atomic E-state index is 12.8. The number of ketones is 1. The van der Waals surface area contributed by atoms with Gasteiger partial charge in [0.1, 0.15) is 0 Å². The van der Waals surface area contributed by atoms with Crippen molar-refractivity contribution in [2.45, 2.75) is 27.7 Å². The summed E-state index contributed by atoms with van der Waals surface area (Å²) in [7, 11) is 2.64. The minimum absolute atomic E-state index is 0.115. The van der Waals surface area contributed by atoms with Crippen LogP contribution in [0.1, 0.15) is 38.2 Å². The third kappa shape index (κ3) is 2.48. The number of benzene rings is 2. The zero-order valence-corrected chi connectivity index (χ0v) is 13.0. The molecule has 2 aromatic rings. The first-order valence-electron chi connectivity index (χ1n) is 6.40. The third-order valence-electron chi connectivity index (χ3n) is 3.79. The van der Waals surface area contributed by atoms with Crippen LogP contribution in [0.15, 0.2) is 30.3 Å². The van der Waals surface area contributed by atoms with Gasteiger partial charge in [0.25, 0.3) is 0 Å². The molecule has 0 fully saturated rings. The van der Waals surface area contributed by atoms with E-state index in [4.69, 9.17) is 0 Å². The van der Waals surface area contributed by atoms with Gasteiger partial charge in [-0.15, -0.1) is 9.24 Å². The summed E-state index contributed by atoms with van der Waals surface area (Å²) in [6.07, 6.45) is 0. The van der Waals surface area contributed by atoms with Crippen molar-refractivity contribution in [1.29, 1.82) is 0 Å². The van der Waals surface area contributed by atoms with Crippen LogP contribution in [0.4, 0.5) is 0 Å². The van der Waals surface area contributed by atoms with Gasteiger partial charge in [0, 0.05) is 11.1 Å². The van der Waals surface area contributed by atoms with E-state index in [2.05, 4.69) is 29.2 Å². The fourth-order valence-corrected chi connectivity index (χ4v) is 2.81. The molecule has 0 saturated carbocycles. The molecule has 1 atom stereocenters. The molecule has 0 amide bonds. The average Bonchev–Trinajstić information content (AvgIpc) is 2.36. The molecule has 0 spiro atoms. The van der Waals surface area contributed by atoms with Crippen molar-refractivity contribution < 1.29 is 4.79 Å². The molecule has 0 bridgehead atoms. The SMILES string of the molecule is Cc1cc(C)c(C(=O)c2ccccc2P)c(C)c1C. The van der Waals surface area contributed by atoms with E-state index < -0.39 is 0 Å². The van der Waals surface area contributed by atoms with Crippen molar-refractivity contribution in [3.63, 3.8) is 0 Å². The van der Waals surface area contributed by atoms with Gasteiger partial charge >= 0.3 is 0 Å². The Morgan fingerprint density at radius 2 is 1.58 bits per heavy atom. The van der Waals surface area contributed by atoms with Crippen molar-refractivity contribution in [3.8, 4) is 0 Å². The molecular weight excluding hydrogens is 251 g/mol. The topological polar surface area (TPSA) is 17.1 Å². The van der Waals surface area contributed by atoms with E-state index in [-0.39, 0.29) is 5.78 Å². The van der Waals surface area contributed by atoms with E-state index in [1.54, 1.807) is 0 Å². The predicted octanol–water partition coefficient (Wildman–Crippen LogP) is 3.65. The minimum Gasteiger partial charge on any atom is -0.289 e. The van der Waals surface area contributed by atoms with E-state index in [0.29, 0.717) is 0 Å². The van der Waals surface area contributed by atoms with E-state index in [1.807, 2.05) is 38.1 Å². The first-order chi connectivity index (χ1) is 8.93. The number of rotatable bonds is 2. The summed E-state index contributed by atoms with van der Waals surface area (Å²) in [6.45, 7) is 8.22. The summed E-state index contributed by atoms with van der Waals surface area (Å²) in [5.41, 5.74) is 6.20. The number of carbonyl (C=O) groups excluding carboxylic acids is 1. The number of carbonyl (C=O) groups is 1. The molecule has 2 rings (SSSR count). The lowest BCUT2D eigenvalue weighted by Crippen LogP contribution is -2.14. The molecule has 0 saturated heterocycles. The maximum absolute atomic E-state index is 12.8. The van der Waals surface area contributed by atoms with Crippen molar-refractivity contribution in [1.82, 2.24) is 0 Å². The maximum Gasteiger partial charge on any atom is 0.194 e. The van der Waals surface area contributed by atoms with Crippen LogP contribution in [-0.2, 0) is 0 Å². The highest BCUT2D eigenvalue weighted by Gasteiger charge is 2.18. The van der Waals surface area contributed by atoms with Gasteiger partial charge in [-0.2, -0.15) is 0 Å². The average molecular weight is 270 g/mol. The Morgan fingerprint density at radius 3 is 2.21 bits per heavy atom. The van der Waals surface area contributed by atoms with Gasteiger partial charge in [-0.1, -0.05) is 30.3 Å². The monoisotopic (exact) mass is 270 g/mol. The highest BCUT2D eigenvalue weighted by Crippen LogP contribution is 2.24. The standard InChI is InChI=1S/C17H19OP/c1-10-9-11(2)16(13(4)12(10)3)17(18)14-7-5-6-8-15(14)19/h5-9H,19H2,1-4H3. The summed E-state index contributed by atoms with van der Waals surface area (Å²) in [5, 5.41) is 0.949. The van der Waals surface area contributed by atoms with E-state index in [1.165, 1.54) is 11.1 Å². The molecule has 0 aliphatic rings. The quantitative estimate of drug-likeness (QED) is 0.601. The highest BCUT2D eigenvalue weighted by molar-refractivity contribution is 7.27. The van der Waals surface area contributed by atoms with E-state index in [9.17, 15) is 4.79 Å². The van der Waals surface area contributed by atoms with Crippen molar-refractivity contribution >= 4 is 20.3 Å². The van der Waals surface area contributed by atoms with Crippen molar-refractivity contribution in [2.24, 2.45) is 0 Å². The fourth-order valence-electron chi connectivity index (χ4n) is 2.47. The Balaban J connectivity index is 2.64. The summed E-state index contributed by atoms with van der Waals surface area (Å²) in [4.78, 5) is 12.8. The molecule has 0 heterocycles. The van der Waals surface area contributed by atoms with E-state index in [0.717, 1.165) is 27.6 Å². The third-order valence-corrected chi connectivity index (χ3v) is 4.29. The molecular formula is C17H19OP. The van der Waals surface area contributed by atoms with Gasteiger partial charge in [0.15, 0.2) is 5.78 Å². The second-order valence-corrected chi connectivity index (χ2v) is 5.67. The zero-order valence-electron chi connectivity index (χ0n) is 11.9. The molecule has 98 valence electrons. The fraction of sp³-hybridized carbons (Fsp3) is 0.235. The van der Waals surface area contributed by atoms with Gasteiger partial charge in [0.05, 0.1) is 0 Å². The number of hydrogen-bond acceptors (Lipinski definition) is 1.